The van der Waals surface area contributed by atoms with Crippen LogP contribution in [0, 0.1) is 46.5 Å². The highest BCUT2D eigenvalue weighted by atomic mass is 19.2. The molecule has 2 atom stereocenters. The van der Waals surface area contributed by atoms with E-state index < -0.39 is 91.5 Å². The van der Waals surface area contributed by atoms with Crippen molar-refractivity contribution in [1.29, 1.82) is 0 Å². The Kier molecular flexibility index (Phi) is 9.08. The predicted octanol–water partition coefficient (Wildman–Crippen LogP) is 9.56. The molecule has 12 heteroatoms. The molecule has 2 N–H and O–H groups in total. The van der Waals surface area contributed by atoms with E-state index in [4.69, 9.17) is 9.47 Å². The van der Waals surface area contributed by atoms with Gasteiger partial charge in [0.1, 0.15) is 11.5 Å². The van der Waals surface area contributed by atoms with Gasteiger partial charge < -0.3 is 19.7 Å². The van der Waals surface area contributed by atoms with Gasteiger partial charge in [-0.1, -0.05) is 97.1 Å². The van der Waals surface area contributed by atoms with Crippen molar-refractivity contribution in [3.05, 3.63) is 190 Å². The lowest BCUT2D eigenvalue weighted by atomic mass is 9.65. The smallest absolute Gasteiger partial charge is 0.204 e. The van der Waals surface area contributed by atoms with Crippen molar-refractivity contribution < 1.29 is 54.8 Å². The van der Waals surface area contributed by atoms with Gasteiger partial charge in [-0.2, -0.15) is 17.6 Å². The van der Waals surface area contributed by atoms with Crippen LogP contribution in [0.1, 0.15) is 22.3 Å². The lowest BCUT2D eigenvalue weighted by Crippen LogP contribution is -2.53. The first-order chi connectivity index (χ1) is 23.9. The van der Waals surface area contributed by atoms with Gasteiger partial charge in [0.05, 0.1) is 11.1 Å². The van der Waals surface area contributed by atoms with Crippen LogP contribution in [0.25, 0.3) is 0 Å². The highest BCUT2D eigenvalue weighted by molar-refractivity contribution is 5.55. The lowest BCUT2D eigenvalue weighted by molar-refractivity contribution is -0.121. The zero-order chi connectivity index (χ0) is 35.8. The summed E-state index contributed by atoms with van der Waals surface area (Å²) in [6.45, 7) is 0. The summed E-state index contributed by atoms with van der Waals surface area (Å²) in [6, 6.07) is 24.2. The fourth-order valence-corrected chi connectivity index (χ4v) is 5.68. The molecule has 4 nitrogen and oxygen atoms in total. The maximum Gasteiger partial charge on any atom is 0.204 e. The van der Waals surface area contributed by atoms with Crippen molar-refractivity contribution in [2.75, 3.05) is 0 Å². The molecule has 0 fully saturated rings. The van der Waals surface area contributed by atoms with Crippen LogP contribution in [0.5, 0.6) is 23.0 Å². The number of rotatable bonds is 9. The van der Waals surface area contributed by atoms with Crippen molar-refractivity contribution >= 4 is 0 Å². The largest absolute Gasteiger partial charge is 0.451 e. The molecule has 6 aromatic rings. The van der Waals surface area contributed by atoms with E-state index in [1.807, 2.05) is 0 Å². The average Bonchev–Trinajstić information content (AvgIpc) is 3.15. The highest BCUT2D eigenvalue weighted by Crippen LogP contribution is 2.54. The van der Waals surface area contributed by atoms with Crippen molar-refractivity contribution in [2.45, 2.75) is 11.2 Å². The van der Waals surface area contributed by atoms with E-state index in [2.05, 4.69) is 0 Å². The monoisotopic (exact) mass is 694 g/mol. The lowest BCUT2D eigenvalue weighted by Gasteiger charge is -2.45. The summed E-state index contributed by atoms with van der Waals surface area (Å²) < 4.78 is 139. The summed E-state index contributed by atoms with van der Waals surface area (Å²) >= 11 is 0. The van der Waals surface area contributed by atoms with Crippen LogP contribution in [-0.4, -0.2) is 10.2 Å². The van der Waals surface area contributed by atoms with Gasteiger partial charge in [0, 0.05) is 0 Å². The summed E-state index contributed by atoms with van der Waals surface area (Å²) in [5.74, 6) is -22.1. The molecule has 0 aliphatic rings. The van der Waals surface area contributed by atoms with Gasteiger partial charge >= 0.3 is 0 Å². The minimum absolute atomic E-state index is 0.260. The topological polar surface area (TPSA) is 58.9 Å². The maximum atomic E-state index is 16.3. The van der Waals surface area contributed by atoms with Crippen LogP contribution >= 0.6 is 0 Å². The number of ether oxygens (including phenoxy) is 2. The van der Waals surface area contributed by atoms with E-state index in [1.165, 1.54) is 72.8 Å². The molecular formula is C38H22F8O4. The molecule has 0 aromatic heterocycles. The van der Waals surface area contributed by atoms with Gasteiger partial charge in [-0.15, -0.1) is 0 Å². The molecular weight excluding hydrogens is 672 g/mol. The van der Waals surface area contributed by atoms with Crippen molar-refractivity contribution in [3.63, 3.8) is 0 Å². The molecule has 6 aromatic carbocycles. The molecule has 0 spiro atoms. The number of aliphatic hydroxyl groups is 2. The number of hydrogen-bond acceptors (Lipinski definition) is 4. The molecule has 0 heterocycles. The minimum atomic E-state index is -4.00. The van der Waals surface area contributed by atoms with E-state index >= 15 is 35.1 Å². The van der Waals surface area contributed by atoms with Crippen molar-refractivity contribution in [1.82, 2.24) is 0 Å². The highest BCUT2D eigenvalue weighted by Gasteiger charge is 2.61. The molecule has 6 rings (SSSR count). The van der Waals surface area contributed by atoms with Gasteiger partial charge in [-0.3, -0.25) is 0 Å². The molecule has 254 valence electrons. The van der Waals surface area contributed by atoms with E-state index in [0.717, 1.165) is 48.5 Å². The number of hydrogen-bond donors (Lipinski definition) is 2. The molecule has 0 amide bonds. The molecule has 0 aliphatic carbocycles. The van der Waals surface area contributed by atoms with Gasteiger partial charge in [0.15, 0.2) is 34.5 Å². The van der Waals surface area contributed by atoms with Crippen LogP contribution in [0.2, 0.25) is 0 Å². The van der Waals surface area contributed by atoms with Gasteiger partial charge in [0.2, 0.25) is 34.8 Å². The fourth-order valence-electron chi connectivity index (χ4n) is 5.68. The van der Waals surface area contributed by atoms with Crippen molar-refractivity contribution in [2.24, 2.45) is 0 Å². The second kappa shape index (κ2) is 13.3. The van der Waals surface area contributed by atoms with Crippen LogP contribution in [0.3, 0.4) is 0 Å². The summed E-state index contributed by atoms with van der Waals surface area (Å²) in [4.78, 5) is 0. The zero-order valence-electron chi connectivity index (χ0n) is 25.3. The third-order valence-corrected chi connectivity index (χ3v) is 8.00. The first-order valence-electron chi connectivity index (χ1n) is 14.7. The SMILES string of the molecule is OC(c1ccccc1)(c1c(F)c(F)c(Oc2ccccc2)c(F)c1F)C(O)(c1ccccc1)c1c(F)c(F)c(Oc2ccccc2)c(F)c1F. The summed E-state index contributed by atoms with van der Waals surface area (Å²) in [5, 5.41) is 25.2. The van der Waals surface area contributed by atoms with Gasteiger partial charge in [-0.25, -0.2) is 17.6 Å². The van der Waals surface area contributed by atoms with Crippen molar-refractivity contribution in [3.8, 4) is 23.0 Å². The molecule has 0 bridgehead atoms. The summed E-state index contributed by atoms with van der Waals surface area (Å²) in [7, 11) is 0. The first kappa shape index (κ1) is 34.2. The Labute approximate surface area is 279 Å². The molecule has 2 unspecified atom stereocenters. The Bertz CT molecular complexity index is 1960. The number of halogens is 8. The number of benzene rings is 6. The minimum Gasteiger partial charge on any atom is -0.451 e. The van der Waals surface area contributed by atoms with Crippen LogP contribution < -0.4 is 9.47 Å². The second-order valence-corrected chi connectivity index (χ2v) is 10.9. The van der Waals surface area contributed by atoms with Gasteiger partial charge in [0.25, 0.3) is 0 Å². The Morgan fingerprint density at radius 3 is 0.840 bits per heavy atom. The summed E-state index contributed by atoms with van der Waals surface area (Å²) in [6.07, 6.45) is 0. The normalized spacial score (nSPS) is 13.7. The summed E-state index contributed by atoms with van der Waals surface area (Å²) in [5.41, 5.74) is -13.7. The predicted molar refractivity (Wildman–Crippen MR) is 164 cm³/mol. The third kappa shape index (κ3) is 5.42. The Morgan fingerprint density at radius 2 is 0.580 bits per heavy atom. The number of para-hydroxylation sites is 2. The van der Waals surface area contributed by atoms with E-state index in [-0.39, 0.29) is 11.5 Å². The quantitative estimate of drug-likeness (QED) is 0.117. The molecule has 0 aliphatic heterocycles. The average molecular weight is 695 g/mol. The van der Waals surface area contributed by atoms with Crippen LogP contribution in [0.15, 0.2) is 121 Å². The van der Waals surface area contributed by atoms with E-state index in [1.54, 1.807) is 0 Å². The fraction of sp³-hybridized carbons (Fsp3) is 0.0526. The van der Waals surface area contributed by atoms with Crippen LogP contribution in [-0.2, 0) is 11.2 Å². The molecule has 0 radical (unpaired) electrons. The molecule has 0 saturated heterocycles. The first-order valence-corrected chi connectivity index (χ1v) is 14.7. The third-order valence-electron chi connectivity index (χ3n) is 8.00. The Balaban J connectivity index is 1.71. The molecule has 0 saturated carbocycles. The molecule has 50 heavy (non-hydrogen) atoms. The second-order valence-electron chi connectivity index (χ2n) is 10.9. The Hall–Kier alpha value is -5.72. The maximum absolute atomic E-state index is 16.3. The standard InChI is InChI=1S/C38H22F8O4/c39-27-25(28(40)32(44)35(31(27)43)49-23-17-9-3-10-18-23)37(47,21-13-5-1-6-14-21)38(48,22-15-7-2-8-16-22)26-29(41)33(45)36(34(46)30(26)42)50-24-19-11-4-12-20-24/h1-20,47-48H. The van der Waals surface area contributed by atoms with E-state index in [0.29, 0.717) is 0 Å². The Morgan fingerprint density at radius 1 is 0.340 bits per heavy atom. The van der Waals surface area contributed by atoms with Gasteiger partial charge in [-0.05, 0) is 35.4 Å². The van der Waals surface area contributed by atoms with E-state index in [9.17, 15) is 10.2 Å². The zero-order valence-corrected chi connectivity index (χ0v) is 25.3. The van der Waals surface area contributed by atoms with Crippen LogP contribution in [0.4, 0.5) is 35.1 Å².